The van der Waals surface area contributed by atoms with Crippen LogP contribution in [-0.4, -0.2) is 29.1 Å². The zero-order valence-corrected chi connectivity index (χ0v) is 16.1. The summed E-state index contributed by atoms with van der Waals surface area (Å²) in [6.45, 7) is 8.21. The van der Waals surface area contributed by atoms with Crippen LogP contribution in [0.2, 0.25) is 0 Å². The highest BCUT2D eigenvalue weighted by molar-refractivity contribution is 7.10. The number of piperidine rings is 1. The zero-order chi connectivity index (χ0) is 17.8. The van der Waals surface area contributed by atoms with Crippen LogP contribution in [0.5, 0.6) is 0 Å². The number of hydrogen-bond acceptors (Lipinski definition) is 5. The third-order valence-corrected chi connectivity index (χ3v) is 5.83. The van der Waals surface area contributed by atoms with Gasteiger partial charge in [0.1, 0.15) is 11.6 Å². The van der Waals surface area contributed by atoms with Crippen molar-refractivity contribution in [2.24, 2.45) is 0 Å². The molecule has 0 amide bonds. The van der Waals surface area contributed by atoms with Gasteiger partial charge in [0, 0.05) is 42.0 Å². The molecule has 2 aromatic heterocycles. The average Bonchev–Trinajstić information content (AvgIpc) is 3.14. The second-order valence-electron chi connectivity index (χ2n) is 7.05. The Morgan fingerprint density at radius 3 is 2.76 bits per heavy atom. The number of anilines is 1. The molecule has 3 heterocycles. The van der Waals surface area contributed by atoms with Crippen molar-refractivity contribution in [3.8, 4) is 0 Å². The standard InChI is InChI=1S/C19H28N4OS/c1-4-15(16-6-5-11-25-16)20-14-7-9-23(10-8-14)17-12-18(24)22-19(21-17)13(2)3/h5-6,11-15,20H,4,7-10H2,1-3H3,(H,21,22,24)/t15-/m1/s1. The molecule has 0 saturated carbocycles. The molecule has 1 aliphatic heterocycles. The van der Waals surface area contributed by atoms with E-state index in [1.807, 2.05) is 25.2 Å². The second-order valence-corrected chi connectivity index (χ2v) is 8.03. The van der Waals surface area contributed by atoms with Crippen LogP contribution < -0.4 is 15.8 Å². The van der Waals surface area contributed by atoms with Gasteiger partial charge in [0.05, 0.1) is 0 Å². The molecule has 1 fully saturated rings. The molecule has 1 atom stereocenters. The Morgan fingerprint density at radius 2 is 2.16 bits per heavy atom. The van der Waals surface area contributed by atoms with Gasteiger partial charge in [-0.15, -0.1) is 11.3 Å². The Hall–Kier alpha value is -1.66. The van der Waals surface area contributed by atoms with Gasteiger partial charge in [-0.2, -0.15) is 0 Å². The number of rotatable bonds is 6. The highest BCUT2D eigenvalue weighted by Crippen LogP contribution is 2.25. The molecule has 0 aliphatic carbocycles. The first-order chi connectivity index (χ1) is 12.1. The van der Waals surface area contributed by atoms with E-state index in [4.69, 9.17) is 0 Å². The van der Waals surface area contributed by atoms with Crippen molar-refractivity contribution in [3.05, 3.63) is 44.6 Å². The number of aromatic amines is 1. The summed E-state index contributed by atoms with van der Waals surface area (Å²) >= 11 is 1.83. The van der Waals surface area contributed by atoms with Crippen molar-refractivity contribution in [2.75, 3.05) is 18.0 Å². The fourth-order valence-electron chi connectivity index (χ4n) is 3.35. The molecule has 0 unspecified atom stereocenters. The molecule has 6 heteroatoms. The number of H-pyrrole nitrogens is 1. The van der Waals surface area contributed by atoms with Gasteiger partial charge < -0.3 is 15.2 Å². The quantitative estimate of drug-likeness (QED) is 0.825. The number of thiophene rings is 1. The number of hydrogen-bond donors (Lipinski definition) is 2. The van der Waals surface area contributed by atoms with Crippen molar-refractivity contribution in [3.63, 3.8) is 0 Å². The molecular weight excluding hydrogens is 332 g/mol. The van der Waals surface area contributed by atoms with Gasteiger partial charge in [-0.1, -0.05) is 26.8 Å². The van der Waals surface area contributed by atoms with E-state index >= 15 is 0 Å². The van der Waals surface area contributed by atoms with E-state index in [0.29, 0.717) is 12.1 Å². The third-order valence-electron chi connectivity index (χ3n) is 4.84. The summed E-state index contributed by atoms with van der Waals surface area (Å²) in [7, 11) is 0. The van der Waals surface area contributed by atoms with E-state index < -0.39 is 0 Å². The Morgan fingerprint density at radius 1 is 1.40 bits per heavy atom. The minimum atomic E-state index is -0.0577. The van der Waals surface area contributed by atoms with E-state index in [1.54, 1.807) is 6.07 Å². The maximum atomic E-state index is 11.9. The van der Waals surface area contributed by atoms with Gasteiger partial charge in [-0.25, -0.2) is 4.98 Å². The fraction of sp³-hybridized carbons (Fsp3) is 0.579. The molecule has 3 rings (SSSR count). The third kappa shape index (κ3) is 4.50. The predicted molar refractivity (Wildman–Crippen MR) is 105 cm³/mol. The van der Waals surface area contributed by atoms with Gasteiger partial charge in [-0.05, 0) is 30.7 Å². The van der Waals surface area contributed by atoms with Gasteiger partial charge in [0.2, 0.25) is 0 Å². The Labute approximate surface area is 153 Å². The monoisotopic (exact) mass is 360 g/mol. The Bertz CT molecular complexity index is 717. The summed E-state index contributed by atoms with van der Waals surface area (Å²) in [5, 5.41) is 5.96. The van der Waals surface area contributed by atoms with Crippen LogP contribution in [-0.2, 0) is 0 Å². The van der Waals surface area contributed by atoms with E-state index in [-0.39, 0.29) is 11.5 Å². The molecule has 0 bridgehead atoms. The van der Waals surface area contributed by atoms with Crippen LogP contribution in [0.15, 0.2) is 28.4 Å². The molecule has 1 saturated heterocycles. The van der Waals surface area contributed by atoms with Crippen LogP contribution in [0.3, 0.4) is 0 Å². The van der Waals surface area contributed by atoms with Gasteiger partial charge >= 0.3 is 0 Å². The van der Waals surface area contributed by atoms with E-state index in [0.717, 1.165) is 44.0 Å². The maximum Gasteiger partial charge on any atom is 0.252 e. The molecule has 1 aliphatic rings. The number of nitrogens with one attached hydrogen (secondary N) is 2. The second kappa shape index (κ2) is 8.15. The SMILES string of the molecule is CC[C@@H](NC1CCN(c2cc(=O)[nH]c(C(C)C)n2)CC1)c1cccs1. The number of nitrogens with zero attached hydrogens (tertiary/aromatic N) is 2. The zero-order valence-electron chi connectivity index (χ0n) is 15.3. The summed E-state index contributed by atoms with van der Waals surface area (Å²) < 4.78 is 0. The van der Waals surface area contributed by atoms with Crippen LogP contribution >= 0.6 is 11.3 Å². The van der Waals surface area contributed by atoms with Gasteiger partial charge in [0.25, 0.3) is 5.56 Å². The summed E-state index contributed by atoms with van der Waals surface area (Å²) in [5.74, 6) is 1.81. The highest BCUT2D eigenvalue weighted by atomic mass is 32.1. The van der Waals surface area contributed by atoms with Crippen molar-refractivity contribution >= 4 is 17.2 Å². The highest BCUT2D eigenvalue weighted by Gasteiger charge is 2.23. The van der Waals surface area contributed by atoms with E-state index in [9.17, 15) is 4.79 Å². The smallest absolute Gasteiger partial charge is 0.252 e. The summed E-state index contributed by atoms with van der Waals surface area (Å²) in [5.41, 5.74) is -0.0577. The molecule has 0 spiro atoms. The molecule has 136 valence electrons. The molecular formula is C19H28N4OS. The first-order valence-corrected chi connectivity index (χ1v) is 10.1. The van der Waals surface area contributed by atoms with Crippen LogP contribution in [0.25, 0.3) is 0 Å². The minimum Gasteiger partial charge on any atom is -0.356 e. The van der Waals surface area contributed by atoms with Crippen LogP contribution in [0.1, 0.15) is 62.7 Å². The molecule has 25 heavy (non-hydrogen) atoms. The van der Waals surface area contributed by atoms with Gasteiger partial charge in [-0.3, -0.25) is 4.79 Å². The lowest BCUT2D eigenvalue weighted by Gasteiger charge is -2.35. The largest absolute Gasteiger partial charge is 0.356 e. The lowest BCUT2D eigenvalue weighted by molar-refractivity contribution is 0.366. The number of aromatic nitrogens is 2. The summed E-state index contributed by atoms with van der Waals surface area (Å²) in [4.78, 5) is 23.1. The molecule has 0 radical (unpaired) electrons. The normalized spacial score (nSPS) is 17.2. The van der Waals surface area contributed by atoms with Crippen LogP contribution in [0, 0.1) is 0 Å². The summed E-state index contributed by atoms with van der Waals surface area (Å²) in [6.07, 6.45) is 3.26. The van der Waals surface area contributed by atoms with Crippen molar-refractivity contribution < 1.29 is 0 Å². The summed E-state index contributed by atoms with van der Waals surface area (Å²) in [6, 6.07) is 6.93. The van der Waals surface area contributed by atoms with E-state index in [2.05, 4.69) is 44.6 Å². The first-order valence-electron chi connectivity index (χ1n) is 9.22. The lowest BCUT2D eigenvalue weighted by Crippen LogP contribution is -2.44. The molecule has 2 aromatic rings. The predicted octanol–water partition coefficient (Wildman–Crippen LogP) is 3.66. The fourth-order valence-corrected chi connectivity index (χ4v) is 4.22. The van der Waals surface area contributed by atoms with Gasteiger partial charge in [0.15, 0.2) is 0 Å². The minimum absolute atomic E-state index is 0.0577. The molecule has 0 aromatic carbocycles. The molecule has 2 N–H and O–H groups in total. The van der Waals surface area contributed by atoms with Crippen molar-refractivity contribution in [1.29, 1.82) is 0 Å². The Kier molecular flexibility index (Phi) is 5.91. The maximum absolute atomic E-state index is 11.9. The lowest BCUT2D eigenvalue weighted by atomic mass is 10.0. The van der Waals surface area contributed by atoms with Crippen molar-refractivity contribution in [1.82, 2.24) is 15.3 Å². The van der Waals surface area contributed by atoms with Crippen LogP contribution in [0.4, 0.5) is 5.82 Å². The Balaban J connectivity index is 1.61. The van der Waals surface area contributed by atoms with Crippen molar-refractivity contribution in [2.45, 2.75) is 58.0 Å². The average molecular weight is 361 g/mol. The molecule has 5 nitrogen and oxygen atoms in total. The first kappa shape index (κ1) is 18.1. The topological polar surface area (TPSA) is 61.0 Å². The van der Waals surface area contributed by atoms with E-state index in [1.165, 1.54) is 4.88 Å².